The van der Waals surface area contributed by atoms with E-state index in [9.17, 15) is 22.0 Å². The summed E-state index contributed by atoms with van der Waals surface area (Å²) in [5, 5.41) is 0. The van der Waals surface area contributed by atoms with Gasteiger partial charge in [-0.05, 0) is 25.5 Å². The molecule has 0 saturated carbocycles. The van der Waals surface area contributed by atoms with Crippen molar-refractivity contribution in [3.63, 3.8) is 0 Å². The van der Waals surface area contributed by atoms with Gasteiger partial charge in [0.05, 0.1) is 13.7 Å². The number of rotatable bonds is 9. The summed E-state index contributed by atoms with van der Waals surface area (Å²) in [7, 11) is 2.67. The van der Waals surface area contributed by atoms with Crippen molar-refractivity contribution in [2.24, 2.45) is 5.92 Å². The van der Waals surface area contributed by atoms with Crippen LogP contribution in [0.3, 0.4) is 0 Å². The van der Waals surface area contributed by atoms with Gasteiger partial charge in [0.2, 0.25) is 11.7 Å². The average Bonchev–Trinajstić information content (AvgIpc) is 3.20. The first kappa shape index (κ1) is 29.7. The first-order valence-electron chi connectivity index (χ1n) is 12.7. The van der Waals surface area contributed by atoms with Gasteiger partial charge in [0, 0.05) is 42.2 Å². The van der Waals surface area contributed by atoms with Crippen LogP contribution >= 0.6 is 0 Å². The molecule has 0 bridgehead atoms. The molecule has 0 aliphatic carbocycles. The quantitative estimate of drug-likeness (QED) is 0.270. The fourth-order valence-corrected chi connectivity index (χ4v) is 5.09. The lowest BCUT2D eigenvalue weighted by Crippen LogP contribution is -2.46. The fourth-order valence-electron chi connectivity index (χ4n) is 5.09. The van der Waals surface area contributed by atoms with E-state index in [1.165, 1.54) is 13.0 Å². The first-order chi connectivity index (χ1) is 18.9. The monoisotopic (exact) mass is 566 g/mol. The minimum Gasteiger partial charge on any atom is -0.493 e. The van der Waals surface area contributed by atoms with Gasteiger partial charge in [0.25, 0.3) is 0 Å². The molecule has 0 N–H and O–H groups in total. The highest BCUT2D eigenvalue weighted by Crippen LogP contribution is 2.59. The molecule has 6 nitrogen and oxygen atoms in total. The van der Waals surface area contributed by atoms with Crippen molar-refractivity contribution in [2.75, 3.05) is 20.8 Å². The minimum absolute atomic E-state index is 0.0170. The fraction of sp³-hybridized carbons (Fsp3) is 0.448. The number of hydrogen-bond acceptors (Lipinski definition) is 6. The van der Waals surface area contributed by atoms with Gasteiger partial charge in [-0.15, -0.1) is 0 Å². The summed E-state index contributed by atoms with van der Waals surface area (Å²) in [5.41, 5.74) is -0.665. The Bertz CT molecular complexity index is 1340. The molecular formula is C29H31F5N2O4. The predicted molar refractivity (Wildman–Crippen MR) is 136 cm³/mol. The molecule has 0 spiro atoms. The summed E-state index contributed by atoms with van der Waals surface area (Å²) in [4.78, 5) is 9.08. The topological polar surface area (TPSA) is 62.7 Å². The van der Waals surface area contributed by atoms with Gasteiger partial charge in [-0.25, -0.2) is 9.37 Å². The second kappa shape index (κ2) is 11.7. The van der Waals surface area contributed by atoms with Gasteiger partial charge in [-0.3, -0.25) is 0 Å². The zero-order chi connectivity index (χ0) is 29.2. The lowest BCUT2D eigenvalue weighted by Gasteiger charge is -2.32. The summed E-state index contributed by atoms with van der Waals surface area (Å²) in [6.45, 7) is 4.47. The normalized spacial score (nSPS) is 22.9. The zero-order valence-corrected chi connectivity index (χ0v) is 22.8. The van der Waals surface area contributed by atoms with Crippen LogP contribution in [-0.2, 0) is 22.5 Å². The highest BCUT2D eigenvalue weighted by molar-refractivity contribution is 5.42. The number of methoxy groups -OCH3 is 2. The largest absolute Gasteiger partial charge is 0.493 e. The smallest absolute Gasteiger partial charge is 0.417 e. The molecule has 0 radical (unpaired) electrons. The van der Waals surface area contributed by atoms with Crippen molar-refractivity contribution in [3.05, 3.63) is 82.3 Å². The number of halogens is 5. The minimum atomic E-state index is -4.79. The Morgan fingerprint density at radius 2 is 1.73 bits per heavy atom. The van der Waals surface area contributed by atoms with Crippen LogP contribution in [0.4, 0.5) is 22.0 Å². The van der Waals surface area contributed by atoms with Crippen molar-refractivity contribution in [3.8, 4) is 11.6 Å². The Hall–Kier alpha value is -3.31. The predicted octanol–water partition coefficient (Wildman–Crippen LogP) is 6.65. The van der Waals surface area contributed by atoms with Crippen LogP contribution in [0.2, 0.25) is 0 Å². The molecular weight excluding hydrogens is 535 g/mol. The van der Waals surface area contributed by atoms with Gasteiger partial charge in [0.15, 0.2) is 23.0 Å². The van der Waals surface area contributed by atoms with Gasteiger partial charge in [-0.1, -0.05) is 43.3 Å². The number of ether oxygens (including phenoxy) is 4. The lowest BCUT2D eigenvalue weighted by atomic mass is 9.77. The second-order valence-corrected chi connectivity index (χ2v) is 9.91. The molecule has 11 heteroatoms. The number of alkyl halides is 3. The Kier molecular flexibility index (Phi) is 8.65. The standard InChI is InChI=1S/C29H31F5N2O4/c1-16-22(20-11-12-21(30)23(31)24(20)38-5)25(40-28(16,3)29(32,33)34)26-35-17(2)19(13-14-37-4)27(36-26)39-15-18-9-7-6-8-10-18/h6-12,16,22,25H,13-15H2,1-5H3/t16-,22-,25+,28+/m0/s1. The molecule has 1 aliphatic heterocycles. The molecule has 2 aromatic carbocycles. The third kappa shape index (κ3) is 5.49. The SMILES string of the molecule is COCCc1c(C)nc([C@@H]2O[C@@](C)(C(F)(F)F)[C@@H](C)[C@H]2c2ccc(F)c(F)c2OC)nc1OCc1ccccc1. The maximum absolute atomic E-state index is 14.7. The van der Waals surface area contributed by atoms with E-state index in [0.717, 1.165) is 25.7 Å². The van der Waals surface area contributed by atoms with Gasteiger partial charge < -0.3 is 18.9 Å². The van der Waals surface area contributed by atoms with E-state index in [1.807, 2.05) is 30.3 Å². The Morgan fingerprint density at radius 1 is 1.02 bits per heavy atom. The highest BCUT2D eigenvalue weighted by Gasteiger charge is 2.65. The Labute approximate surface area is 229 Å². The third-order valence-electron chi connectivity index (χ3n) is 7.53. The number of aromatic nitrogens is 2. The van der Waals surface area contributed by atoms with Gasteiger partial charge in [0.1, 0.15) is 12.7 Å². The van der Waals surface area contributed by atoms with E-state index in [0.29, 0.717) is 24.3 Å². The van der Waals surface area contributed by atoms with E-state index in [1.54, 1.807) is 14.0 Å². The summed E-state index contributed by atoms with van der Waals surface area (Å²) in [5.74, 6) is -5.26. The van der Waals surface area contributed by atoms with Crippen LogP contribution in [0.25, 0.3) is 0 Å². The second-order valence-electron chi connectivity index (χ2n) is 9.91. The molecule has 0 amide bonds. The molecule has 0 unspecified atom stereocenters. The van der Waals surface area contributed by atoms with E-state index < -0.39 is 47.1 Å². The van der Waals surface area contributed by atoms with Crippen molar-refractivity contribution in [1.29, 1.82) is 0 Å². The summed E-state index contributed by atoms with van der Waals surface area (Å²) >= 11 is 0. The van der Waals surface area contributed by atoms with E-state index >= 15 is 0 Å². The maximum atomic E-state index is 14.7. The molecule has 4 rings (SSSR count). The van der Waals surface area contributed by atoms with Crippen LogP contribution in [0.5, 0.6) is 11.6 Å². The number of benzene rings is 2. The maximum Gasteiger partial charge on any atom is 0.417 e. The van der Waals surface area contributed by atoms with Gasteiger partial charge in [-0.2, -0.15) is 22.5 Å². The Morgan fingerprint density at radius 3 is 2.35 bits per heavy atom. The highest BCUT2D eigenvalue weighted by atomic mass is 19.4. The van der Waals surface area contributed by atoms with Crippen molar-refractivity contribution in [1.82, 2.24) is 9.97 Å². The van der Waals surface area contributed by atoms with Crippen molar-refractivity contribution in [2.45, 2.75) is 57.6 Å². The van der Waals surface area contributed by atoms with Crippen molar-refractivity contribution >= 4 is 0 Å². The summed E-state index contributed by atoms with van der Waals surface area (Å²) in [6.07, 6.45) is -5.77. The van der Waals surface area contributed by atoms with E-state index in [4.69, 9.17) is 18.9 Å². The third-order valence-corrected chi connectivity index (χ3v) is 7.53. The first-order valence-corrected chi connectivity index (χ1v) is 12.7. The zero-order valence-electron chi connectivity index (χ0n) is 22.8. The molecule has 216 valence electrons. The molecule has 1 saturated heterocycles. The Balaban J connectivity index is 1.85. The molecule has 2 heterocycles. The summed E-state index contributed by atoms with van der Waals surface area (Å²) < 4.78 is 94.1. The number of aryl methyl sites for hydroxylation is 1. The summed E-state index contributed by atoms with van der Waals surface area (Å²) in [6, 6.07) is 11.4. The van der Waals surface area contributed by atoms with Crippen LogP contribution < -0.4 is 9.47 Å². The van der Waals surface area contributed by atoms with E-state index in [-0.39, 0.29) is 23.9 Å². The van der Waals surface area contributed by atoms with Crippen LogP contribution in [0.1, 0.15) is 54.1 Å². The van der Waals surface area contributed by atoms with Gasteiger partial charge >= 0.3 is 6.18 Å². The molecule has 40 heavy (non-hydrogen) atoms. The molecule has 1 fully saturated rings. The van der Waals surface area contributed by atoms with Crippen LogP contribution in [-0.4, -0.2) is 42.6 Å². The van der Waals surface area contributed by atoms with Crippen LogP contribution in [0, 0.1) is 24.5 Å². The molecule has 4 atom stereocenters. The average molecular weight is 567 g/mol. The van der Waals surface area contributed by atoms with Crippen LogP contribution in [0.15, 0.2) is 42.5 Å². The molecule has 3 aromatic rings. The van der Waals surface area contributed by atoms with E-state index in [2.05, 4.69) is 9.97 Å². The molecule has 1 aromatic heterocycles. The van der Waals surface area contributed by atoms with Crippen molar-refractivity contribution < 1.29 is 40.9 Å². The number of nitrogens with zero attached hydrogens (tertiary/aromatic N) is 2. The lowest BCUT2D eigenvalue weighted by molar-refractivity contribution is -0.275. The number of hydrogen-bond donors (Lipinski definition) is 0. The molecule has 1 aliphatic rings.